The number of aryl methyl sites for hydroxylation is 1. The van der Waals surface area contributed by atoms with Crippen molar-refractivity contribution in [3.63, 3.8) is 0 Å². The summed E-state index contributed by atoms with van der Waals surface area (Å²) in [6, 6.07) is 18.1. The number of urea groups is 1. The molecule has 0 atom stereocenters. The number of carbonyl (C=O) groups is 1. The fraction of sp³-hybridized carbons (Fsp3) is 0.105. The molecule has 0 saturated carbocycles. The molecule has 0 fully saturated rings. The lowest BCUT2D eigenvalue weighted by molar-refractivity contribution is 0.262. The number of nitrogen functional groups attached to an aromatic ring is 1. The Balaban J connectivity index is 1.70. The first-order valence-corrected chi connectivity index (χ1v) is 8.01. The van der Waals surface area contributed by atoms with Crippen LogP contribution in [0.25, 0.3) is 11.4 Å². The van der Waals surface area contributed by atoms with Crippen molar-refractivity contribution in [3.05, 3.63) is 66.4 Å². The van der Waals surface area contributed by atoms with Gasteiger partial charge in [-0.25, -0.2) is 14.8 Å². The third kappa shape index (κ3) is 4.32. The Kier molecular flexibility index (Phi) is 4.89. The van der Waals surface area contributed by atoms with E-state index in [1.807, 2.05) is 49.4 Å². The quantitative estimate of drug-likeness (QED) is 0.674. The lowest BCUT2D eigenvalue weighted by Crippen LogP contribution is -2.19. The third-order valence-corrected chi connectivity index (χ3v) is 3.59. The molecule has 6 nitrogen and oxygen atoms in total. The minimum atomic E-state index is -0.299. The van der Waals surface area contributed by atoms with Gasteiger partial charge in [0.25, 0.3) is 0 Å². The van der Waals surface area contributed by atoms with Crippen molar-refractivity contribution >= 4 is 23.2 Å². The molecule has 2 amide bonds. The predicted octanol–water partition coefficient (Wildman–Crippen LogP) is 3.93. The maximum absolute atomic E-state index is 12.0. The van der Waals surface area contributed by atoms with Gasteiger partial charge in [0.15, 0.2) is 5.82 Å². The van der Waals surface area contributed by atoms with E-state index >= 15 is 0 Å². The second-order valence-electron chi connectivity index (χ2n) is 5.48. The summed E-state index contributed by atoms with van der Waals surface area (Å²) in [7, 11) is 0. The van der Waals surface area contributed by atoms with E-state index < -0.39 is 0 Å². The van der Waals surface area contributed by atoms with E-state index in [2.05, 4.69) is 20.6 Å². The van der Waals surface area contributed by atoms with Crippen LogP contribution in [0.1, 0.15) is 12.6 Å². The minimum Gasteiger partial charge on any atom is -0.384 e. The number of nitrogens with one attached hydrogen (secondary N) is 2. The Morgan fingerprint density at radius 2 is 1.60 bits per heavy atom. The van der Waals surface area contributed by atoms with Gasteiger partial charge in [0.1, 0.15) is 5.82 Å². The summed E-state index contributed by atoms with van der Waals surface area (Å²) in [6.45, 7) is 2.02. The van der Waals surface area contributed by atoms with Gasteiger partial charge in [0.05, 0.1) is 0 Å². The van der Waals surface area contributed by atoms with E-state index in [0.29, 0.717) is 17.3 Å². The number of benzene rings is 2. The lowest BCUT2D eigenvalue weighted by Gasteiger charge is -2.09. The number of hydrogen-bond acceptors (Lipinski definition) is 4. The number of amides is 2. The first-order valence-electron chi connectivity index (χ1n) is 8.01. The van der Waals surface area contributed by atoms with Crippen LogP contribution in [0.5, 0.6) is 0 Å². The van der Waals surface area contributed by atoms with Crippen molar-refractivity contribution < 1.29 is 4.79 Å². The maximum atomic E-state index is 12.0. The molecule has 2 aromatic carbocycles. The Morgan fingerprint density at radius 3 is 2.24 bits per heavy atom. The molecule has 0 spiro atoms. The second-order valence-corrected chi connectivity index (χ2v) is 5.48. The molecule has 0 aliphatic rings. The van der Waals surface area contributed by atoms with E-state index in [4.69, 9.17) is 5.73 Å². The highest BCUT2D eigenvalue weighted by atomic mass is 16.2. The molecule has 0 bridgehead atoms. The van der Waals surface area contributed by atoms with Gasteiger partial charge in [-0.1, -0.05) is 25.1 Å². The van der Waals surface area contributed by atoms with Gasteiger partial charge >= 0.3 is 6.03 Å². The van der Waals surface area contributed by atoms with Crippen molar-refractivity contribution in [2.75, 3.05) is 16.4 Å². The molecule has 3 aromatic rings. The number of hydrogen-bond donors (Lipinski definition) is 3. The predicted molar refractivity (Wildman–Crippen MR) is 100 cm³/mol. The average Bonchev–Trinajstić information content (AvgIpc) is 2.62. The second kappa shape index (κ2) is 7.44. The van der Waals surface area contributed by atoms with Crippen molar-refractivity contribution in [1.29, 1.82) is 0 Å². The molecule has 3 rings (SSSR count). The summed E-state index contributed by atoms with van der Waals surface area (Å²) in [4.78, 5) is 20.7. The minimum absolute atomic E-state index is 0.299. The zero-order chi connectivity index (χ0) is 17.6. The van der Waals surface area contributed by atoms with Crippen LogP contribution in [0.3, 0.4) is 0 Å². The SMILES string of the molecule is CCc1cc(N)nc(-c2ccc(NC(=O)Nc3ccccc3)cc2)n1. The zero-order valence-electron chi connectivity index (χ0n) is 13.9. The maximum Gasteiger partial charge on any atom is 0.323 e. The molecule has 0 saturated heterocycles. The van der Waals surface area contributed by atoms with Crippen LogP contribution in [-0.2, 0) is 6.42 Å². The smallest absolute Gasteiger partial charge is 0.323 e. The van der Waals surface area contributed by atoms with Gasteiger partial charge in [0, 0.05) is 28.7 Å². The highest BCUT2D eigenvalue weighted by Crippen LogP contribution is 2.20. The fourth-order valence-corrected chi connectivity index (χ4v) is 2.35. The Bertz CT molecular complexity index is 863. The van der Waals surface area contributed by atoms with E-state index in [1.54, 1.807) is 18.2 Å². The first kappa shape index (κ1) is 16.4. The van der Waals surface area contributed by atoms with E-state index in [9.17, 15) is 4.79 Å². The molecule has 1 heterocycles. The van der Waals surface area contributed by atoms with Crippen LogP contribution in [0.15, 0.2) is 60.7 Å². The standard InChI is InChI=1S/C19H19N5O/c1-2-14-12-17(20)24-18(21-14)13-8-10-16(11-9-13)23-19(25)22-15-6-4-3-5-7-15/h3-12H,2H2,1H3,(H2,20,21,24)(H2,22,23,25). The van der Waals surface area contributed by atoms with Gasteiger partial charge in [-0.05, 0) is 42.8 Å². The van der Waals surface area contributed by atoms with Gasteiger partial charge < -0.3 is 16.4 Å². The van der Waals surface area contributed by atoms with E-state index in [0.717, 1.165) is 23.4 Å². The Labute approximate surface area is 146 Å². The van der Waals surface area contributed by atoms with Crippen molar-refractivity contribution in [2.24, 2.45) is 0 Å². The van der Waals surface area contributed by atoms with Crippen LogP contribution in [0.2, 0.25) is 0 Å². The summed E-state index contributed by atoms with van der Waals surface area (Å²) >= 11 is 0. The number of nitrogens with zero attached hydrogens (tertiary/aromatic N) is 2. The molecule has 0 aliphatic carbocycles. The van der Waals surface area contributed by atoms with Crippen LogP contribution >= 0.6 is 0 Å². The van der Waals surface area contributed by atoms with E-state index in [-0.39, 0.29) is 6.03 Å². The summed E-state index contributed by atoms with van der Waals surface area (Å²) in [5, 5.41) is 5.56. The number of anilines is 3. The molecule has 0 aliphatic heterocycles. The van der Waals surface area contributed by atoms with Crippen LogP contribution in [0, 0.1) is 0 Å². The monoisotopic (exact) mass is 333 g/mol. The topological polar surface area (TPSA) is 92.9 Å². The molecule has 6 heteroatoms. The first-order chi connectivity index (χ1) is 12.1. The van der Waals surface area contributed by atoms with E-state index in [1.165, 1.54) is 0 Å². The largest absolute Gasteiger partial charge is 0.384 e. The molecule has 0 radical (unpaired) electrons. The van der Waals surface area contributed by atoms with Gasteiger partial charge in [-0.3, -0.25) is 0 Å². The van der Waals surface area contributed by atoms with Crippen molar-refractivity contribution in [2.45, 2.75) is 13.3 Å². The number of carbonyl (C=O) groups excluding carboxylic acids is 1. The van der Waals surface area contributed by atoms with Crippen molar-refractivity contribution in [3.8, 4) is 11.4 Å². The Hall–Kier alpha value is -3.41. The molecule has 126 valence electrons. The number of nitrogens with two attached hydrogens (primary N) is 1. The number of rotatable bonds is 4. The highest BCUT2D eigenvalue weighted by molar-refractivity contribution is 5.99. The van der Waals surface area contributed by atoms with Crippen LogP contribution in [0.4, 0.5) is 22.0 Å². The summed E-state index contributed by atoms with van der Waals surface area (Å²) < 4.78 is 0. The fourth-order valence-electron chi connectivity index (χ4n) is 2.35. The van der Waals surface area contributed by atoms with Crippen LogP contribution in [-0.4, -0.2) is 16.0 Å². The van der Waals surface area contributed by atoms with Crippen LogP contribution < -0.4 is 16.4 Å². The molecule has 4 N–H and O–H groups in total. The molecule has 0 unspecified atom stereocenters. The van der Waals surface area contributed by atoms with Gasteiger partial charge in [0.2, 0.25) is 0 Å². The molecule has 25 heavy (non-hydrogen) atoms. The average molecular weight is 333 g/mol. The number of para-hydroxylation sites is 1. The van der Waals surface area contributed by atoms with Crippen molar-refractivity contribution in [1.82, 2.24) is 9.97 Å². The van der Waals surface area contributed by atoms with Gasteiger partial charge in [-0.15, -0.1) is 0 Å². The zero-order valence-corrected chi connectivity index (χ0v) is 13.9. The highest BCUT2D eigenvalue weighted by Gasteiger charge is 2.06. The lowest BCUT2D eigenvalue weighted by atomic mass is 10.2. The summed E-state index contributed by atoms with van der Waals surface area (Å²) in [5.74, 6) is 1.03. The number of aromatic nitrogens is 2. The molecule has 1 aromatic heterocycles. The summed E-state index contributed by atoms with van der Waals surface area (Å²) in [5.41, 5.74) is 8.97. The summed E-state index contributed by atoms with van der Waals surface area (Å²) in [6.07, 6.45) is 0.791. The normalized spacial score (nSPS) is 10.3. The Morgan fingerprint density at radius 1 is 0.960 bits per heavy atom. The molecular weight excluding hydrogens is 314 g/mol. The third-order valence-electron chi connectivity index (χ3n) is 3.59. The van der Waals surface area contributed by atoms with Gasteiger partial charge in [-0.2, -0.15) is 0 Å². The molecular formula is C19H19N5O.